The maximum absolute atomic E-state index is 12.2. The summed E-state index contributed by atoms with van der Waals surface area (Å²) in [6.07, 6.45) is -0.640. The number of carboxylic acid groups (broad SMARTS) is 1. The molecule has 100 valence electrons. The number of aromatic amines is 1. The van der Waals surface area contributed by atoms with Gasteiger partial charge in [0, 0.05) is 24.3 Å². The molecule has 3 N–H and O–H groups in total. The summed E-state index contributed by atoms with van der Waals surface area (Å²) < 4.78 is 25.6. The third kappa shape index (κ3) is 1.82. The largest absolute Gasteiger partial charge is 0.477 e. The van der Waals surface area contributed by atoms with Crippen molar-refractivity contribution in [1.82, 2.24) is 9.29 Å². The number of aromatic nitrogens is 1. The van der Waals surface area contributed by atoms with Crippen LogP contribution in [-0.4, -0.2) is 53.1 Å². The SMILES string of the molecule is Cc1[nH]c(C(=O)O)c(C)c1S(=O)(=O)N1CC(O)C1. The molecule has 0 bridgehead atoms. The van der Waals surface area contributed by atoms with Gasteiger partial charge in [-0.15, -0.1) is 0 Å². The molecule has 18 heavy (non-hydrogen) atoms. The second-order valence-corrected chi connectivity index (χ2v) is 6.23. The molecule has 8 heteroatoms. The first-order valence-electron chi connectivity index (χ1n) is 5.35. The van der Waals surface area contributed by atoms with Gasteiger partial charge in [0.05, 0.1) is 6.10 Å². The maximum atomic E-state index is 12.2. The summed E-state index contributed by atoms with van der Waals surface area (Å²) >= 11 is 0. The van der Waals surface area contributed by atoms with Crippen LogP contribution in [0.1, 0.15) is 21.7 Å². The van der Waals surface area contributed by atoms with Crippen molar-refractivity contribution in [2.24, 2.45) is 0 Å². The smallest absolute Gasteiger partial charge is 0.352 e. The molecule has 1 aliphatic heterocycles. The van der Waals surface area contributed by atoms with Gasteiger partial charge >= 0.3 is 5.97 Å². The highest BCUT2D eigenvalue weighted by Crippen LogP contribution is 2.28. The highest BCUT2D eigenvalue weighted by Gasteiger charge is 2.38. The van der Waals surface area contributed by atoms with Gasteiger partial charge in [0.2, 0.25) is 10.0 Å². The van der Waals surface area contributed by atoms with Crippen LogP contribution in [0, 0.1) is 13.8 Å². The average Bonchev–Trinajstić information content (AvgIpc) is 2.50. The molecule has 1 saturated heterocycles. The number of hydrogen-bond acceptors (Lipinski definition) is 4. The van der Waals surface area contributed by atoms with Crippen LogP contribution in [-0.2, 0) is 10.0 Å². The highest BCUT2D eigenvalue weighted by atomic mass is 32.2. The Morgan fingerprint density at radius 1 is 1.39 bits per heavy atom. The van der Waals surface area contributed by atoms with Crippen LogP contribution in [0.5, 0.6) is 0 Å². The van der Waals surface area contributed by atoms with Gasteiger partial charge in [-0.25, -0.2) is 13.2 Å². The standard InChI is InChI=1S/C10H14N2O5S/c1-5-8(10(14)15)11-6(2)9(5)18(16,17)12-3-7(13)4-12/h7,11,13H,3-4H2,1-2H3,(H,14,15). The third-order valence-corrected chi connectivity index (χ3v) is 5.12. The van der Waals surface area contributed by atoms with Crippen molar-refractivity contribution in [3.05, 3.63) is 17.0 Å². The second kappa shape index (κ2) is 4.08. The fraction of sp³-hybridized carbons (Fsp3) is 0.500. The van der Waals surface area contributed by atoms with Crippen molar-refractivity contribution in [2.75, 3.05) is 13.1 Å². The number of nitrogens with one attached hydrogen (secondary N) is 1. The summed E-state index contributed by atoms with van der Waals surface area (Å²) in [5, 5.41) is 18.1. The molecule has 0 saturated carbocycles. The molecule has 2 rings (SSSR count). The number of nitrogens with zero attached hydrogens (tertiary/aromatic N) is 1. The van der Waals surface area contributed by atoms with Crippen molar-refractivity contribution in [3.63, 3.8) is 0 Å². The number of aryl methyl sites for hydroxylation is 1. The third-order valence-electron chi connectivity index (χ3n) is 3.01. The van der Waals surface area contributed by atoms with E-state index in [4.69, 9.17) is 10.2 Å². The number of β-amino-alcohol motifs (C(OH)–C–C–N with tert-alkyl or cyclic N) is 1. The molecule has 0 aliphatic carbocycles. The molecule has 0 unspecified atom stereocenters. The molecular weight excluding hydrogens is 260 g/mol. The van der Waals surface area contributed by atoms with Gasteiger partial charge in [0.1, 0.15) is 10.6 Å². The number of H-pyrrole nitrogens is 1. The van der Waals surface area contributed by atoms with Crippen molar-refractivity contribution < 1.29 is 23.4 Å². The summed E-state index contributed by atoms with van der Waals surface area (Å²) in [5.41, 5.74) is 0.375. The maximum Gasteiger partial charge on any atom is 0.352 e. The Hall–Kier alpha value is -1.38. The average molecular weight is 274 g/mol. The van der Waals surface area contributed by atoms with Crippen LogP contribution in [0.15, 0.2) is 4.90 Å². The van der Waals surface area contributed by atoms with E-state index < -0.39 is 22.1 Å². The zero-order valence-corrected chi connectivity index (χ0v) is 10.8. The van der Waals surface area contributed by atoms with Crippen LogP contribution in [0.25, 0.3) is 0 Å². The summed E-state index contributed by atoms with van der Waals surface area (Å²) in [5.74, 6) is -1.19. The molecule has 0 spiro atoms. The van der Waals surface area contributed by atoms with Gasteiger partial charge in [0.25, 0.3) is 0 Å². The van der Waals surface area contributed by atoms with Gasteiger partial charge in [-0.3, -0.25) is 0 Å². The molecule has 1 aromatic heterocycles. The Balaban J connectivity index is 2.48. The fourth-order valence-electron chi connectivity index (χ4n) is 2.08. The molecule has 2 heterocycles. The minimum absolute atomic E-state index is 0.00759. The summed E-state index contributed by atoms with van der Waals surface area (Å²) in [6, 6.07) is 0. The first-order chi connectivity index (χ1) is 8.25. The fourth-order valence-corrected chi connectivity index (χ4v) is 4.00. The van der Waals surface area contributed by atoms with Gasteiger partial charge in [-0.1, -0.05) is 0 Å². The molecule has 1 fully saturated rings. The van der Waals surface area contributed by atoms with Crippen LogP contribution >= 0.6 is 0 Å². The predicted molar refractivity (Wildman–Crippen MR) is 62.0 cm³/mol. The number of carboxylic acids is 1. The number of rotatable bonds is 3. The van der Waals surface area contributed by atoms with Gasteiger partial charge in [0.15, 0.2) is 0 Å². The normalized spacial score (nSPS) is 17.7. The van der Waals surface area contributed by atoms with Gasteiger partial charge < -0.3 is 15.2 Å². The Morgan fingerprint density at radius 3 is 2.33 bits per heavy atom. The van der Waals surface area contributed by atoms with E-state index in [0.717, 1.165) is 4.31 Å². The Kier molecular flexibility index (Phi) is 2.96. The van der Waals surface area contributed by atoms with E-state index in [1.807, 2.05) is 0 Å². The van der Waals surface area contributed by atoms with Crippen molar-refractivity contribution in [2.45, 2.75) is 24.8 Å². The highest BCUT2D eigenvalue weighted by molar-refractivity contribution is 7.89. The van der Waals surface area contributed by atoms with Crippen LogP contribution in [0.4, 0.5) is 0 Å². The molecule has 7 nitrogen and oxygen atoms in total. The lowest BCUT2D eigenvalue weighted by atomic mass is 10.2. The van der Waals surface area contributed by atoms with E-state index in [9.17, 15) is 13.2 Å². The molecule has 1 aliphatic rings. The number of aromatic carboxylic acids is 1. The van der Waals surface area contributed by atoms with Gasteiger partial charge in [-0.2, -0.15) is 4.31 Å². The molecule has 0 amide bonds. The number of hydrogen-bond donors (Lipinski definition) is 3. The zero-order chi connectivity index (χ0) is 13.7. The Bertz CT molecular complexity index is 598. The minimum Gasteiger partial charge on any atom is -0.477 e. The van der Waals surface area contributed by atoms with Crippen LogP contribution < -0.4 is 0 Å². The Morgan fingerprint density at radius 2 is 1.94 bits per heavy atom. The molecule has 0 atom stereocenters. The van der Waals surface area contributed by atoms with Crippen molar-refractivity contribution >= 4 is 16.0 Å². The van der Waals surface area contributed by atoms with Crippen LogP contribution in [0.2, 0.25) is 0 Å². The lowest BCUT2D eigenvalue weighted by Crippen LogP contribution is -2.53. The van der Waals surface area contributed by atoms with E-state index in [1.165, 1.54) is 13.8 Å². The van der Waals surface area contributed by atoms with E-state index >= 15 is 0 Å². The monoisotopic (exact) mass is 274 g/mol. The summed E-state index contributed by atoms with van der Waals surface area (Å²) in [4.78, 5) is 13.5. The lowest BCUT2D eigenvalue weighted by Gasteiger charge is -2.34. The first-order valence-corrected chi connectivity index (χ1v) is 6.79. The van der Waals surface area contributed by atoms with Crippen LogP contribution in [0.3, 0.4) is 0 Å². The summed E-state index contributed by atoms with van der Waals surface area (Å²) in [6.45, 7) is 3.07. The van der Waals surface area contributed by atoms with E-state index in [0.29, 0.717) is 5.69 Å². The number of sulfonamides is 1. The number of carbonyl (C=O) groups is 1. The molecule has 1 aromatic rings. The van der Waals surface area contributed by atoms with Gasteiger partial charge in [-0.05, 0) is 13.8 Å². The number of aliphatic hydroxyl groups is 1. The van der Waals surface area contributed by atoms with E-state index in [2.05, 4.69) is 4.98 Å². The molecular formula is C10H14N2O5S. The minimum atomic E-state index is -3.73. The van der Waals surface area contributed by atoms with Crippen molar-refractivity contribution in [1.29, 1.82) is 0 Å². The predicted octanol–water partition coefficient (Wildman–Crippen LogP) is -0.305. The quantitative estimate of drug-likeness (QED) is 0.700. The molecule has 0 radical (unpaired) electrons. The first kappa shape index (κ1) is 13.1. The second-order valence-electron chi connectivity index (χ2n) is 4.36. The topological polar surface area (TPSA) is 111 Å². The van der Waals surface area contributed by atoms with E-state index in [1.54, 1.807) is 0 Å². The van der Waals surface area contributed by atoms with E-state index in [-0.39, 0.29) is 29.2 Å². The zero-order valence-electron chi connectivity index (χ0n) is 9.97. The number of aliphatic hydroxyl groups excluding tert-OH is 1. The lowest BCUT2D eigenvalue weighted by molar-refractivity contribution is 0.0547. The Labute approximate surface area is 104 Å². The van der Waals surface area contributed by atoms with Crippen molar-refractivity contribution in [3.8, 4) is 0 Å². The summed E-state index contributed by atoms with van der Waals surface area (Å²) in [7, 11) is -3.73. The molecule has 0 aromatic carbocycles.